The number of nitrogens with two attached hydrogens (primary N) is 1. The molecule has 0 amide bonds. The molecule has 0 saturated carbocycles. The van der Waals surface area contributed by atoms with Gasteiger partial charge in [0.05, 0.1) is 0 Å². The first-order valence-corrected chi connectivity index (χ1v) is 5.05. The van der Waals surface area contributed by atoms with E-state index in [1.165, 1.54) is 0 Å². The molecule has 1 aliphatic heterocycles. The number of hydrogen-bond donors (Lipinski definition) is 3. The lowest BCUT2D eigenvalue weighted by Gasteiger charge is -2.25. The number of piperidine rings is 1. The number of nitrogens with one attached hydrogen (secondary N) is 1. The highest BCUT2D eigenvalue weighted by Crippen LogP contribution is 2.15. The van der Waals surface area contributed by atoms with Gasteiger partial charge in [-0.3, -0.25) is 4.99 Å². The Kier molecular flexibility index (Phi) is 3.85. The van der Waals surface area contributed by atoms with Crippen LogP contribution in [0.4, 0.5) is 0 Å². The molecule has 0 aromatic carbocycles. The van der Waals surface area contributed by atoms with Crippen LogP contribution in [0.1, 0.15) is 13.8 Å². The molecule has 4 N–H and O–H groups in total. The van der Waals surface area contributed by atoms with Crippen LogP contribution in [0.5, 0.6) is 0 Å². The molecular weight excluding hydrogens is 194 g/mol. The smallest absolute Gasteiger partial charge is 0.352 e. The van der Waals surface area contributed by atoms with Gasteiger partial charge in [-0.1, -0.05) is 6.92 Å². The summed E-state index contributed by atoms with van der Waals surface area (Å²) in [6.45, 7) is 5.89. The first-order chi connectivity index (χ1) is 7.07. The maximum atomic E-state index is 10.8. The number of carboxylic acid groups (broad SMARTS) is 1. The van der Waals surface area contributed by atoms with E-state index in [1.54, 1.807) is 0 Å². The molecule has 0 unspecified atom stereocenters. The Hall–Kier alpha value is -1.36. The maximum absolute atomic E-state index is 10.8. The zero-order valence-electron chi connectivity index (χ0n) is 9.08. The molecule has 0 bridgehead atoms. The van der Waals surface area contributed by atoms with Crippen molar-refractivity contribution in [2.75, 3.05) is 19.6 Å². The van der Waals surface area contributed by atoms with Gasteiger partial charge in [0.1, 0.15) is 5.70 Å². The van der Waals surface area contributed by atoms with Crippen molar-refractivity contribution in [2.24, 2.45) is 16.6 Å². The zero-order chi connectivity index (χ0) is 11.4. The van der Waals surface area contributed by atoms with E-state index >= 15 is 0 Å². The Balaban J connectivity index is 3.09. The molecule has 1 heterocycles. The van der Waals surface area contributed by atoms with Crippen molar-refractivity contribution >= 4 is 11.7 Å². The quantitative estimate of drug-likeness (QED) is 0.560. The number of nitrogens with zero attached hydrogens (tertiary/aromatic N) is 1. The predicted octanol–water partition coefficient (Wildman–Crippen LogP) is -0.0160. The van der Waals surface area contributed by atoms with Crippen LogP contribution in [-0.2, 0) is 4.79 Å². The second kappa shape index (κ2) is 4.93. The van der Waals surface area contributed by atoms with Crippen molar-refractivity contribution < 1.29 is 9.90 Å². The molecule has 0 aromatic rings. The summed E-state index contributed by atoms with van der Waals surface area (Å²) in [6, 6.07) is 0. The Morgan fingerprint density at radius 1 is 1.73 bits per heavy atom. The summed E-state index contributed by atoms with van der Waals surface area (Å²) >= 11 is 0. The monoisotopic (exact) mass is 211 g/mol. The molecule has 5 nitrogen and oxygen atoms in total. The zero-order valence-corrected chi connectivity index (χ0v) is 9.08. The summed E-state index contributed by atoms with van der Waals surface area (Å²) in [5.74, 6) is -0.865. The van der Waals surface area contributed by atoms with E-state index < -0.39 is 5.97 Å². The molecule has 1 saturated heterocycles. The molecule has 5 heteroatoms. The molecule has 0 spiro atoms. The van der Waals surface area contributed by atoms with E-state index in [1.807, 2.05) is 13.8 Å². The van der Waals surface area contributed by atoms with E-state index in [2.05, 4.69) is 10.3 Å². The summed E-state index contributed by atoms with van der Waals surface area (Å²) in [4.78, 5) is 15.1. The lowest BCUT2D eigenvalue weighted by molar-refractivity contribution is -0.132. The van der Waals surface area contributed by atoms with Gasteiger partial charge >= 0.3 is 5.97 Å². The number of carbonyl (C=O) groups is 1. The lowest BCUT2D eigenvalue weighted by Crippen LogP contribution is -2.40. The summed E-state index contributed by atoms with van der Waals surface area (Å²) in [5.41, 5.74) is 6.89. The fraction of sp³-hybridized carbons (Fsp3) is 0.600. The minimum atomic E-state index is -1.08. The second-order valence-corrected chi connectivity index (χ2v) is 3.59. The molecule has 0 aliphatic carbocycles. The van der Waals surface area contributed by atoms with Crippen LogP contribution in [0.3, 0.4) is 0 Å². The van der Waals surface area contributed by atoms with Gasteiger partial charge in [0.15, 0.2) is 0 Å². The SMILES string of the molecule is CCN=C1/C(=C(\N)C(=O)O)CNC[C@@H]1C. The summed E-state index contributed by atoms with van der Waals surface area (Å²) < 4.78 is 0. The van der Waals surface area contributed by atoms with Gasteiger partial charge in [-0.05, 0) is 6.92 Å². The van der Waals surface area contributed by atoms with Gasteiger partial charge in [-0.15, -0.1) is 0 Å². The van der Waals surface area contributed by atoms with Crippen molar-refractivity contribution in [3.05, 3.63) is 11.3 Å². The largest absolute Gasteiger partial charge is 0.477 e. The van der Waals surface area contributed by atoms with Gasteiger partial charge in [0, 0.05) is 36.8 Å². The highest BCUT2D eigenvalue weighted by Gasteiger charge is 2.24. The highest BCUT2D eigenvalue weighted by atomic mass is 16.4. The van der Waals surface area contributed by atoms with Crippen LogP contribution < -0.4 is 11.1 Å². The van der Waals surface area contributed by atoms with Crippen molar-refractivity contribution in [1.82, 2.24) is 5.32 Å². The average molecular weight is 211 g/mol. The third-order valence-corrected chi connectivity index (χ3v) is 2.41. The van der Waals surface area contributed by atoms with Crippen LogP contribution in [0, 0.1) is 5.92 Å². The number of carboxylic acids is 1. The fourth-order valence-electron chi connectivity index (χ4n) is 1.68. The predicted molar refractivity (Wildman–Crippen MR) is 58.9 cm³/mol. The maximum Gasteiger partial charge on any atom is 0.352 e. The molecule has 0 aromatic heterocycles. The summed E-state index contributed by atoms with van der Waals surface area (Å²) in [7, 11) is 0. The Morgan fingerprint density at radius 3 is 2.93 bits per heavy atom. The minimum absolute atomic E-state index is 0.0961. The molecule has 1 aliphatic rings. The molecule has 0 radical (unpaired) electrons. The number of rotatable bonds is 2. The molecule has 1 rings (SSSR count). The van der Waals surface area contributed by atoms with E-state index in [0.717, 1.165) is 12.3 Å². The molecule has 1 fully saturated rings. The van der Waals surface area contributed by atoms with E-state index in [4.69, 9.17) is 10.8 Å². The van der Waals surface area contributed by atoms with E-state index in [9.17, 15) is 4.79 Å². The number of aliphatic imine (C=N–C) groups is 1. The van der Waals surface area contributed by atoms with Gasteiger partial charge < -0.3 is 16.2 Å². The summed E-state index contributed by atoms with van der Waals surface area (Å²) in [5, 5.41) is 12.0. The van der Waals surface area contributed by atoms with Crippen molar-refractivity contribution in [3.63, 3.8) is 0 Å². The molecule has 1 atom stereocenters. The van der Waals surface area contributed by atoms with Gasteiger partial charge in [0.25, 0.3) is 0 Å². The van der Waals surface area contributed by atoms with E-state index in [0.29, 0.717) is 18.7 Å². The molecular formula is C10H17N3O2. The highest BCUT2D eigenvalue weighted by molar-refractivity contribution is 6.08. The number of hydrogen-bond acceptors (Lipinski definition) is 4. The molecule has 15 heavy (non-hydrogen) atoms. The lowest BCUT2D eigenvalue weighted by atomic mass is 9.92. The third-order valence-electron chi connectivity index (χ3n) is 2.41. The summed E-state index contributed by atoms with van der Waals surface area (Å²) in [6.07, 6.45) is 0. The Morgan fingerprint density at radius 2 is 2.40 bits per heavy atom. The van der Waals surface area contributed by atoms with Crippen molar-refractivity contribution in [2.45, 2.75) is 13.8 Å². The normalized spacial score (nSPS) is 27.9. The fourth-order valence-corrected chi connectivity index (χ4v) is 1.68. The van der Waals surface area contributed by atoms with Crippen LogP contribution in [0.2, 0.25) is 0 Å². The molecule has 84 valence electrons. The van der Waals surface area contributed by atoms with Crippen molar-refractivity contribution in [3.8, 4) is 0 Å². The van der Waals surface area contributed by atoms with Crippen LogP contribution in [0.25, 0.3) is 0 Å². The van der Waals surface area contributed by atoms with Gasteiger partial charge in [0.2, 0.25) is 0 Å². The van der Waals surface area contributed by atoms with Crippen LogP contribution >= 0.6 is 0 Å². The Labute approximate surface area is 89.1 Å². The van der Waals surface area contributed by atoms with Crippen LogP contribution in [0.15, 0.2) is 16.3 Å². The van der Waals surface area contributed by atoms with Gasteiger partial charge in [-0.25, -0.2) is 4.79 Å². The topological polar surface area (TPSA) is 87.7 Å². The van der Waals surface area contributed by atoms with E-state index in [-0.39, 0.29) is 11.6 Å². The average Bonchev–Trinajstić information content (AvgIpc) is 2.20. The van der Waals surface area contributed by atoms with Gasteiger partial charge in [-0.2, -0.15) is 0 Å². The van der Waals surface area contributed by atoms with Crippen molar-refractivity contribution in [1.29, 1.82) is 0 Å². The Bertz CT molecular complexity index is 321. The second-order valence-electron chi connectivity index (χ2n) is 3.59. The standard InChI is InChI=1S/C10H17N3O2/c1-3-13-9-6(2)4-12-5-7(9)8(11)10(14)15/h6,12H,3-5,11H2,1-2H3,(H,14,15)/b8-7-,13-9?/t6-/m0/s1. The van der Waals surface area contributed by atoms with Crippen LogP contribution in [-0.4, -0.2) is 36.4 Å². The first-order valence-electron chi connectivity index (χ1n) is 5.05. The first kappa shape index (κ1) is 11.7. The minimum Gasteiger partial charge on any atom is -0.477 e. The number of aliphatic carboxylic acids is 1. The third kappa shape index (κ3) is 2.56.